The van der Waals surface area contributed by atoms with E-state index in [0.717, 1.165) is 38.0 Å². The fourth-order valence-electron chi connectivity index (χ4n) is 2.45. The van der Waals surface area contributed by atoms with Crippen molar-refractivity contribution in [2.24, 2.45) is 0 Å². The number of amides is 1. The van der Waals surface area contributed by atoms with Crippen LogP contribution in [-0.4, -0.2) is 36.5 Å². The van der Waals surface area contributed by atoms with Gasteiger partial charge < -0.3 is 10.2 Å². The standard InChI is InChI=1S/C16H22N2O/c1-2-12-18(15-10-11-17-13-15)16(19)9-8-14-6-4-3-5-7-14/h3-9,15,17H,2,10-13H2,1H3. The number of benzene rings is 1. The van der Waals surface area contributed by atoms with Crippen LogP contribution in [0.15, 0.2) is 36.4 Å². The molecule has 1 amide bonds. The molecule has 0 aliphatic carbocycles. The predicted molar refractivity (Wildman–Crippen MR) is 78.8 cm³/mol. The lowest BCUT2D eigenvalue weighted by molar-refractivity contribution is -0.127. The van der Waals surface area contributed by atoms with Crippen LogP contribution in [0.1, 0.15) is 25.3 Å². The maximum atomic E-state index is 12.3. The zero-order chi connectivity index (χ0) is 13.5. The van der Waals surface area contributed by atoms with Crippen molar-refractivity contribution in [2.45, 2.75) is 25.8 Å². The Morgan fingerprint density at radius 2 is 2.21 bits per heavy atom. The molecule has 1 saturated heterocycles. The minimum Gasteiger partial charge on any atom is -0.335 e. The lowest BCUT2D eigenvalue weighted by Crippen LogP contribution is -2.41. The minimum absolute atomic E-state index is 0.124. The molecule has 2 rings (SSSR count). The Hall–Kier alpha value is -1.61. The number of hydrogen-bond acceptors (Lipinski definition) is 2. The fraction of sp³-hybridized carbons (Fsp3) is 0.438. The van der Waals surface area contributed by atoms with Crippen LogP contribution >= 0.6 is 0 Å². The van der Waals surface area contributed by atoms with Crippen molar-refractivity contribution < 1.29 is 4.79 Å². The minimum atomic E-state index is 0.124. The summed E-state index contributed by atoms with van der Waals surface area (Å²) in [5.41, 5.74) is 1.07. The third-order valence-electron chi connectivity index (χ3n) is 3.44. The van der Waals surface area contributed by atoms with Crippen molar-refractivity contribution in [3.05, 3.63) is 42.0 Å². The van der Waals surface area contributed by atoms with Gasteiger partial charge in [0.25, 0.3) is 0 Å². The highest BCUT2D eigenvalue weighted by molar-refractivity contribution is 5.92. The zero-order valence-electron chi connectivity index (χ0n) is 11.5. The topological polar surface area (TPSA) is 32.3 Å². The summed E-state index contributed by atoms with van der Waals surface area (Å²) >= 11 is 0. The summed E-state index contributed by atoms with van der Waals surface area (Å²) in [7, 11) is 0. The summed E-state index contributed by atoms with van der Waals surface area (Å²) in [4.78, 5) is 14.3. The first-order valence-electron chi connectivity index (χ1n) is 7.05. The van der Waals surface area contributed by atoms with Crippen LogP contribution in [-0.2, 0) is 4.79 Å². The molecular formula is C16H22N2O. The normalized spacial score (nSPS) is 18.9. The molecule has 3 heteroatoms. The Bertz CT molecular complexity index is 422. The Morgan fingerprint density at radius 3 is 2.84 bits per heavy atom. The summed E-state index contributed by atoms with van der Waals surface area (Å²) in [6.07, 6.45) is 5.66. The first-order chi connectivity index (χ1) is 9.31. The van der Waals surface area contributed by atoms with Gasteiger partial charge in [0.05, 0.1) is 0 Å². The second-order valence-electron chi connectivity index (χ2n) is 4.92. The molecule has 102 valence electrons. The SMILES string of the molecule is CCCN(C(=O)C=Cc1ccccc1)C1CCNC1. The van der Waals surface area contributed by atoms with Gasteiger partial charge in [0.2, 0.25) is 5.91 Å². The van der Waals surface area contributed by atoms with E-state index < -0.39 is 0 Å². The molecule has 1 fully saturated rings. The molecule has 1 N–H and O–H groups in total. The van der Waals surface area contributed by atoms with Crippen molar-refractivity contribution in [3.8, 4) is 0 Å². The van der Waals surface area contributed by atoms with Crippen LogP contribution in [0.4, 0.5) is 0 Å². The number of carbonyl (C=O) groups is 1. The van der Waals surface area contributed by atoms with E-state index in [4.69, 9.17) is 0 Å². The van der Waals surface area contributed by atoms with E-state index in [1.807, 2.05) is 41.3 Å². The smallest absolute Gasteiger partial charge is 0.246 e. The highest BCUT2D eigenvalue weighted by atomic mass is 16.2. The Labute approximate surface area is 115 Å². The van der Waals surface area contributed by atoms with Gasteiger partial charge in [-0.1, -0.05) is 37.3 Å². The molecule has 0 radical (unpaired) electrons. The first kappa shape index (κ1) is 13.8. The second kappa shape index (κ2) is 7.10. The zero-order valence-corrected chi connectivity index (χ0v) is 11.5. The van der Waals surface area contributed by atoms with Crippen LogP contribution in [0.25, 0.3) is 6.08 Å². The molecule has 0 aromatic heterocycles. The van der Waals surface area contributed by atoms with Crippen LogP contribution < -0.4 is 5.32 Å². The molecule has 1 atom stereocenters. The van der Waals surface area contributed by atoms with Gasteiger partial charge in [-0.3, -0.25) is 4.79 Å². The summed E-state index contributed by atoms with van der Waals surface area (Å²) < 4.78 is 0. The summed E-state index contributed by atoms with van der Waals surface area (Å²) in [5.74, 6) is 0.124. The van der Waals surface area contributed by atoms with E-state index in [0.29, 0.717) is 6.04 Å². The largest absolute Gasteiger partial charge is 0.335 e. The molecule has 0 spiro atoms. The van der Waals surface area contributed by atoms with Gasteiger partial charge in [-0.25, -0.2) is 0 Å². The fourth-order valence-corrected chi connectivity index (χ4v) is 2.45. The van der Waals surface area contributed by atoms with E-state index >= 15 is 0 Å². The number of rotatable bonds is 5. The molecule has 1 aromatic rings. The summed E-state index contributed by atoms with van der Waals surface area (Å²) in [6, 6.07) is 10.3. The van der Waals surface area contributed by atoms with Crippen LogP contribution in [0.5, 0.6) is 0 Å². The highest BCUT2D eigenvalue weighted by Crippen LogP contribution is 2.11. The quantitative estimate of drug-likeness (QED) is 0.822. The van der Waals surface area contributed by atoms with Gasteiger partial charge in [-0.05, 0) is 31.0 Å². The van der Waals surface area contributed by atoms with Gasteiger partial charge in [0, 0.05) is 25.2 Å². The number of nitrogens with zero attached hydrogens (tertiary/aromatic N) is 1. The van der Waals surface area contributed by atoms with Crippen molar-refractivity contribution in [3.63, 3.8) is 0 Å². The number of carbonyl (C=O) groups excluding carboxylic acids is 1. The van der Waals surface area contributed by atoms with Crippen LogP contribution in [0, 0.1) is 0 Å². The maximum absolute atomic E-state index is 12.3. The molecule has 3 nitrogen and oxygen atoms in total. The summed E-state index contributed by atoms with van der Waals surface area (Å²) in [6.45, 7) is 4.89. The van der Waals surface area contributed by atoms with Gasteiger partial charge in [0.1, 0.15) is 0 Å². The third kappa shape index (κ3) is 3.93. The molecule has 19 heavy (non-hydrogen) atoms. The van der Waals surface area contributed by atoms with Crippen molar-refractivity contribution >= 4 is 12.0 Å². The molecule has 0 bridgehead atoms. The van der Waals surface area contributed by atoms with Crippen molar-refractivity contribution in [1.82, 2.24) is 10.2 Å². The van der Waals surface area contributed by atoms with E-state index in [-0.39, 0.29) is 5.91 Å². The lowest BCUT2D eigenvalue weighted by Gasteiger charge is -2.27. The van der Waals surface area contributed by atoms with Gasteiger partial charge in [-0.15, -0.1) is 0 Å². The van der Waals surface area contributed by atoms with Crippen LogP contribution in [0.3, 0.4) is 0 Å². The number of hydrogen-bond donors (Lipinski definition) is 1. The first-order valence-corrected chi connectivity index (χ1v) is 7.05. The third-order valence-corrected chi connectivity index (χ3v) is 3.44. The molecule has 1 aliphatic heterocycles. The lowest BCUT2D eigenvalue weighted by atomic mass is 10.2. The monoisotopic (exact) mass is 258 g/mol. The van der Waals surface area contributed by atoms with Gasteiger partial charge >= 0.3 is 0 Å². The highest BCUT2D eigenvalue weighted by Gasteiger charge is 2.24. The molecular weight excluding hydrogens is 236 g/mol. The molecule has 1 unspecified atom stereocenters. The van der Waals surface area contributed by atoms with Gasteiger partial charge in [0.15, 0.2) is 0 Å². The summed E-state index contributed by atoms with van der Waals surface area (Å²) in [5, 5.41) is 3.32. The van der Waals surface area contributed by atoms with Crippen LogP contribution in [0.2, 0.25) is 0 Å². The average molecular weight is 258 g/mol. The van der Waals surface area contributed by atoms with Crippen molar-refractivity contribution in [1.29, 1.82) is 0 Å². The molecule has 1 aromatic carbocycles. The van der Waals surface area contributed by atoms with Crippen molar-refractivity contribution in [2.75, 3.05) is 19.6 Å². The predicted octanol–water partition coefficient (Wildman–Crippen LogP) is 2.30. The van der Waals surface area contributed by atoms with E-state index in [9.17, 15) is 4.79 Å². The van der Waals surface area contributed by atoms with E-state index in [1.54, 1.807) is 6.08 Å². The Morgan fingerprint density at radius 1 is 1.42 bits per heavy atom. The Balaban J connectivity index is 2.00. The Kier molecular flexibility index (Phi) is 5.16. The number of nitrogens with one attached hydrogen (secondary N) is 1. The molecule has 1 aliphatic rings. The maximum Gasteiger partial charge on any atom is 0.246 e. The molecule has 1 heterocycles. The molecule has 0 saturated carbocycles. The van der Waals surface area contributed by atoms with E-state index in [2.05, 4.69) is 12.2 Å². The second-order valence-corrected chi connectivity index (χ2v) is 4.92. The average Bonchev–Trinajstić information content (AvgIpc) is 2.97. The van der Waals surface area contributed by atoms with E-state index in [1.165, 1.54) is 0 Å². The van der Waals surface area contributed by atoms with Gasteiger partial charge in [-0.2, -0.15) is 0 Å².